The Bertz CT molecular complexity index is 694. The van der Waals surface area contributed by atoms with E-state index in [2.05, 4.69) is 20.9 Å². The Hall–Kier alpha value is -3.42. The molecule has 4 amide bonds. The number of hydrogen-bond donors (Lipinski definition) is 8. The number of aliphatic carboxylic acids is 1. The summed E-state index contributed by atoms with van der Waals surface area (Å²) >= 11 is 0. The summed E-state index contributed by atoms with van der Waals surface area (Å²) in [6, 6.07) is -4.37. The molecule has 0 aliphatic heterocycles. The van der Waals surface area contributed by atoms with Crippen molar-refractivity contribution in [2.24, 2.45) is 27.9 Å². The van der Waals surface area contributed by atoms with Crippen molar-refractivity contribution >= 4 is 35.6 Å². The van der Waals surface area contributed by atoms with Crippen molar-refractivity contribution in [3.8, 4) is 0 Å². The number of carbonyl (C=O) groups is 5. The van der Waals surface area contributed by atoms with Crippen LogP contribution >= 0.6 is 0 Å². The molecule has 0 bridgehead atoms. The van der Waals surface area contributed by atoms with Crippen LogP contribution < -0.4 is 38.9 Å². The molecule has 0 saturated heterocycles. The largest absolute Gasteiger partial charge is 0.480 e. The van der Waals surface area contributed by atoms with Crippen molar-refractivity contribution in [3.63, 3.8) is 0 Å². The lowest BCUT2D eigenvalue weighted by atomic mass is 10.1. The summed E-state index contributed by atoms with van der Waals surface area (Å²) in [6.07, 6.45) is 0.351. The highest BCUT2D eigenvalue weighted by molar-refractivity contribution is 5.93. The van der Waals surface area contributed by atoms with Gasteiger partial charge in [-0.05, 0) is 33.1 Å². The van der Waals surface area contributed by atoms with Crippen LogP contribution in [0.25, 0.3) is 0 Å². The average molecular weight is 444 g/mol. The van der Waals surface area contributed by atoms with Gasteiger partial charge in [-0.25, -0.2) is 0 Å². The molecule has 0 aromatic heterocycles. The van der Waals surface area contributed by atoms with Gasteiger partial charge in [-0.3, -0.25) is 29.0 Å². The minimum atomic E-state index is -1.25. The van der Waals surface area contributed by atoms with Crippen molar-refractivity contribution in [1.29, 1.82) is 0 Å². The molecule has 31 heavy (non-hydrogen) atoms. The zero-order valence-corrected chi connectivity index (χ0v) is 17.6. The van der Waals surface area contributed by atoms with E-state index in [1.54, 1.807) is 0 Å². The standard InChI is InChI=1S/C17H32N8O6/c1-8(23-14(28)10(18)5-6-12(19)26)13(27)25-11(4-3-7-22-17(20)21)15(29)24-9(2)16(30)31/h8-11H,3-7,18H2,1-2H3,(H2,19,26)(H,23,28)(H,24,29)(H,25,27)(H,30,31)(H4,20,21,22). The second-order valence-corrected chi connectivity index (χ2v) is 6.92. The Balaban J connectivity index is 4.99. The van der Waals surface area contributed by atoms with Gasteiger partial charge in [0.2, 0.25) is 23.6 Å². The van der Waals surface area contributed by atoms with Crippen LogP contribution in [0.4, 0.5) is 0 Å². The molecule has 14 heteroatoms. The number of primary amides is 1. The first-order chi connectivity index (χ1) is 14.3. The third kappa shape index (κ3) is 12.0. The number of nitrogens with one attached hydrogen (secondary N) is 3. The molecule has 0 radical (unpaired) electrons. The maximum Gasteiger partial charge on any atom is 0.325 e. The number of rotatable bonds is 14. The molecular weight excluding hydrogens is 412 g/mol. The van der Waals surface area contributed by atoms with Gasteiger partial charge in [0.25, 0.3) is 0 Å². The molecule has 0 rings (SSSR count). The summed E-state index contributed by atoms with van der Waals surface area (Å²) in [4.78, 5) is 62.4. The molecule has 0 spiro atoms. The first-order valence-corrected chi connectivity index (χ1v) is 9.58. The van der Waals surface area contributed by atoms with E-state index in [9.17, 15) is 24.0 Å². The van der Waals surface area contributed by atoms with Gasteiger partial charge in [-0.1, -0.05) is 0 Å². The lowest BCUT2D eigenvalue weighted by Crippen LogP contribution is -2.56. The van der Waals surface area contributed by atoms with Gasteiger partial charge in [0.1, 0.15) is 18.1 Å². The summed E-state index contributed by atoms with van der Waals surface area (Å²) in [6.45, 7) is 2.84. The number of guanidine groups is 1. The molecule has 0 aromatic rings. The monoisotopic (exact) mass is 444 g/mol. The number of aliphatic imine (C=N–C) groups is 1. The predicted octanol–water partition coefficient (Wildman–Crippen LogP) is -3.79. The third-order valence-corrected chi connectivity index (χ3v) is 4.10. The van der Waals surface area contributed by atoms with E-state index >= 15 is 0 Å². The fourth-order valence-corrected chi connectivity index (χ4v) is 2.26. The minimum absolute atomic E-state index is 0.0123. The summed E-state index contributed by atoms with van der Waals surface area (Å²) in [5, 5.41) is 16.1. The second-order valence-electron chi connectivity index (χ2n) is 6.92. The number of amides is 4. The summed E-state index contributed by atoms with van der Waals surface area (Å²) in [5.74, 6) is -4.07. The van der Waals surface area contributed by atoms with E-state index < -0.39 is 53.8 Å². The number of carboxylic acids is 1. The first-order valence-electron chi connectivity index (χ1n) is 9.58. The number of nitrogens with two attached hydrogens (primary N) is 4. The lowest BCUT2D eigenvalue weighted by molar-refractivity contribution is -0.141. The van der Waals surface area contributed by atoms with Gasteiger partial charge in [-0.2, -0.15) is 0 Å². The van der Waals surface area contributed by atoms with Crippen LogP contribution in [0.3, 0.4) is 0 Å². The number of nitrogens with zero attached hydrogens (tertiary/aromatic N) is 1. The van der Waals surface area contributed by atoms with Crippen LogP contribution in [0.15, 0.2) is 4.99 Å². The molecule has 12 N–H and O–H groups in total. The Kier molecular flexibility index (Phi) is 12.2. The number of carboxylic acid groups (broad SMARTS) is 1. The van der Waals surface area contributed by atoms with E-state index in [0.29, 0.717) is 6.42 Å². The Labute approximate surface area is 179 Å². The normalized spacial score (nSPS) is 14.3. The van der Waals surface area contributed by atoms with E-state index in [0.717, 1.165) is 0 Å². The van der Waals surface area contributed by atoms with Gasteiger partial charge in [0, 0.05) is 13.0 Å². The van der Waals surface area contributed by atoms with Crippen LogP contribution in [0.5, 0.6) is 0 Å². The molecule has 4 unspecified atom stereocenters. The first kappa shape index (κ1) is 27.6. The minimum Gasteiger partial charge on any atom is -0.480 e. The molecule has 0 saturated carbocycles. The van der Waals surface area contributed by atoms with Gasteiger partial charge in [-0.15, -0.1) is 0 Å². The molecular formula is C17H32N8O6. The van der Waals surface area contributed by atoms with Gasteiger partial charge in [0.05, 0.1) is 6.04 Å². The van der Waals surface area contributed by atoms with Crippen LogP contribution in [0.1, 0.15) is 39.5 Å². The van der Waals surface area contributed by atoms with Crippen molar-refractivity contribution in [2.45, 2.75) is 63.7 Å². The Morgan fingerprint density at radius 3 is 1.97 bits per heavy atom. The summed E-state index contributed by atoms with van der Waals surface area (Å²) in [5.41, 5.74) is 21.1. The SMILES string of the molecule is CC(NC(=O)C(CCCN=C(N)N)NC(=O)C(C)NC(=O)C(N)CCC(N)=O)C(=O)O. The molecule has 0 heterocycles. The zero-order chi connectivity index (χ0) is 24.1. The van der Waals surface area contributed by atoms with Crippen LogP contribution in [0, 0.1) is 0 Å². The average Bonchev–Trinajstić information content (AvgIpc) is 2.67. The van der Waals surface area contributed by atoms with E-state index in [1.807, 2.05) is 0 Å². The fourth-order valence-electron chi connectivity index (χ4n) is 2.26. The molecule has 14 nitrogen and oxygen atoms in total. The van der Waals surface area contributed by atoms with E-state index in [4.69, 9.17) is 28.0 Å². The predicted molar refractivity (Wildman–Crippen MR) is 111 cm³/mol. The highest BCUT2D eigenvalue weighted by Gasteiger charge is 2.27. The maximum absolute atomic E-state index is 12.4. The van der Waals surface area contributed by atoms with Crippen LogP contribution in [-0.2, 0) is 24.0 Å². The van der Waals surface area contributed by atoms with E-state index in [1.165, 1.54) is 13.8 Å². The molecule has 0 aliphatic rings. The van der Waals surface area contributed by atoms with Gasteiger partial charge in [0.15, 0.2) is 5.96 Å². The molecule has 0 aliphatic carbocycles. The number of hydrogen-bond acceptors (Lipinski definition) is 7. The molecule has 176 valence electrons. The Morgan fingerprint density at radius 2 is 1.45 bits per heavy atom. The molecule has 0 fully saturated rings. The Morgan fingerprint density at radius 1 is 0.871 bits per heavy atom. The summed E-state index contributed by atoms with van der Waals surface area (Å²) < 4.78 is 0. The van der Waals surface area contributed by atoms with Crippen molar-refractivity contribution in [2.75, 3.05) is 6.54 Å². The smallest absolute Gasteiger partial charge is 0.325 e. The quantitative estimate of drug-likeness (QED) is 0.0741. The fraction of sp³-hybridized carbons (Fsp3) is 0.647. The molecule has 4 atom stereocenters. The van der Waals surface area contributed by atoms with Crippen molar-refractivity contribution < 1.29 is 29.1 Å². The number of carbonyl (C=O) groups excluding carboxylic acids is 4. The molecule has 0 aromatic carbocycles. The summed E-state index contributed by atoms with van der Waals surface area (Å²) in [7, 11) is 0. The van der Waals surface area contributed by atoms with E-state index in [-0.39, 0.29) is 31.8 Å². The van der Waals surface area contributed by atoms with Crippen LogP contribution in [-0.4, -0.2) is 71.4 Å². The zero-order valence-electron chi connectivity index (χ0n) is 17.6. The van der Waals surface area contributed by atoms with Crippen LogP contribution in [0.2, 0.25) is 0 Å². The second kappa shape index (κ2) is 13.7. The van der Waals surface area contributed by atoms with Crippen molar-refractivity contribution in [1.82, 2.24) is 16.0 Å². The topological polar surface area (TPSA) is 258 Å². The highest BCUT2D eigenvalue weighted by Crippen LogP contribution is 2.02. The lowest BCUT2D eigenvalue weighted by Gasteiger charge is -2.23. The third-order valence-electron chi connectivity index (χ3n) is 4.10. The van der Waals surface area contributed by atoms with Gasteiger partial charge >= 0.3 is 5.97 Å². The highest BCUT2D eigenvalue weighted by atomic mass is 16.4. The van der Waals surface area contributed by atoms with Gasteiger partial charge < -0.3 is 44.0 Å². The maximum atomic E-state index is 12.4. The van der Waals surface area contributed by atoms with Crippen molar-refractivity contribution in [3.05, 3.63) is 0 Å².